The van der Waals surface area contributed by atoms with Crippen LogP contribution in [0.25, 0.3) is 0 Å². The van der Waals surface area contributed by atoms with Gasteiger partial charge < -0.3 is 20.1 Å². The first kappa shape index (κ1) is 19.6. The highest BCUT2D eigenvalue weighted by Crippen LogP contribution is 2.15. The molecule has 0 saturated heterocycles. The van der Waals surface area contributed by atoms with Gasteiger partial charge in [-0.1, -0.05) is 31.5 Å². The lowest BCUT2D eigenvalue weighted by molar-refractivity contribution is 0.294. The SMILES string of the molecule is CCCCOc1ncccc1CNC(=NC)NCc1cccc(OC)c1. The Morgan fingerprint density at radius 2 is 2.00 bits per heavy atom. The summed E-state index contributed by atoms with van der Waals surface area (Å²) in [4.78, 5) is 8.60. The van der Waals surface area contributed by atoms with Gasteiger partial charge in [0.15, 0.2) is 5.96 Å². The molecule has 0 atom stereocenters. The number of pyridine rings is 1. The molecule has 2 rings (SSSR count). The highest BCUT2D eigenvalue weighted by molar-refractivity contribution is 5.79. The Labute approximate surface area is 155 Å². The second-order valence-electron chi connectivity index (χ2n) is 5.80. The predicted octanol–water partition coefficient (Wildman–Crippen LogP) is 3.13. The molecular formula is C20H28N4O2. The van der Waals surface area contributed by atoms with Crippen LogP contribution in [0.15, 0.2) is 47.6 Å². The van der Waals surface area contributed by atoms with Crippen LogP contribution in [0.3, 0.4) is 0 Å². The summed E-state index contributed by atoms with van der Waals surface area (Å²) >= 11 is 0. The fourth-order valence-electron chi connectivity index (χ4n) is 2.37. The Kier molecular flexibility index (Phi) is 8.26. The molecule has 2 N–H and O–H groups in total. The number of unbranched alkanes of at least 4 members (excludes halogenated alkanes) is 1. The van der Waals surface area contributed by atoms with E-state index in [1.54, 1.807) is 20.4 Å². The van der Waals surface area contributed by atoms with Gasteiger partial charge in [-0.3, -0.25) is 4.99 Å². The van der Waals surface area contributed by atoms with Crippen molar-refractivity contribution >= 4 is 5.96 Å². The molecule has 0 fully saturated rings. The zero-order valence-corrected chi connectivity index (χ0v) is 15.8. The first-order chi connectivity index (χ1) is 12.8. The molecular weight excluding hydrogens is 328 g/mol. The van der Waals surface area contributed by atoms with Crippen molar-refractivity contribution in [3.8, 4) is 11.6 Å². The molecule has 1 aromatic heterocycles. The Morgan fingerprint density at radius 3 is 2.77 bits per heavy atom. The topological polar surface area (TPSA) is 67.8 Å². The lowest BCUT2D eigenvalue weighted by Gasteiger charge is -2.14. The van der Waals surface area contributed by atoms with E-state index in [1.807, 2.05) is 36.4 Å². The van der Waals surface area contributed by atoms with Crippen molar-refractivity contribution in [2.75, 3.05) is 20.8 Å². The van der Waals surface area contributed by atoms with Crippen LogP contribution in [0.1, 0.15) is 30.9 Å². The third kappa shape index (κ3) is 6.27. The summed E-state index contributed by atoms with van der Waals surface area (Å²) in [6, 6.07) is 11.9. The number of nitrogens with zero attached hydrogens (tertiary/aromatic N) is 2. The summed E-state index contributed by atoms with van der Waals surface area (Å²) in [6.45, 7) is 4.07. The molecule has 6 nitrogen and oxygen atoms in total. The molecule has 1 heterocycles. The summed E-state index contributed by atoms with van der Waals surface area (Å²) < 4.78 is 11.0. The van der Waals surface area contributed by atoms with Gasteiger partial charge in [0, 0.05) is 31.9 Å². The van der Waals surface area contributed by atoms with Gasteiger partial charge >= 0.3 is 0 Å². The quantitative estimate of drug-likeness (QED) is 0.410. The van der Waals surface area contributed by atoms with Crippen molar-refractivity contribution in [3.63, 3.8) is 0 Å². The molecule has 0 bridgehead atoms. The minimum absolute atomic E-state index is 0.590. The number of aromatic nitrogens is 1. The van der Waals surface area contributed by atoms with Crippen molar-refractivity contribution in [2.45, 2.75) is 32.9 Å². The van der Waals surface area contributed by atoms with Gasteiger partial charge in [-0.15, -0.1) is 0 Å². The molecule has 0 spiro atoms. The molecule has 26 heavy (non-hydrogen) atoms. The van der Waals surface area contributed by atoms with Gasteiger partial charge in [0.2, 0.25) is 5.88 Å². The van der Waals surface area contributed by atoms with Crippen molar-refractivity contribution in [1.29, 1.82) is 0 Å². The largest absolute Gasteiger partial charge is 0.497 e. The highest BCUT2D eigenvalue weighted by atomic mass is 16.5. The molecule has 2 aromatic rings. The highest BCUT2D eigenvalue weighted by Gasteiger charge is 2.06. The van der Waals surface area contributed by atoms with Crippen LogP contribution < -0.4 is 20.1 Å². The number of aliphatic imine (C=N–C) groups is 1. The standard InChI is InChI=1S/C20H28N4O2/c1-4-5-12-26-19-17(9-7-11-22-19)15-24-20(21-2)23-14-16-8-6-10-18(13-16)25-3/h6-11,13H,4-5,12,14-15H2,1-3H3,(H2,21,23,24). The summed E-state index contributed by atoms with van der Waals surface area (Å²) in [7, 11) is 3.42. The maximum atomic E-state index is 5.77. The average molecular weight is 356 g/mol. The number of hydrogen-bond acceptors (Lipinski definition) is 4. The van der Waals surface area contributed by atoms with Gasteiger partial charge in [-0.25, -0.2) is 4.98 Å². The monoisotopic (exact) mass is 356 g/mol. The van der Waals surface area contributed by atoms with Gasteiger partial charge in [0.05, 0.1) is 13.7 Å². The van der Waals surface area contributed by atoms with Crippen LogP contribution in [0.4, 0.5) is 0 Å². The minimum atomic E-state index is 0.590. The van der Waals surface area contributed by atoms with E-state index in [0.29, 0.717) is 25.6 Å². The zero-order valence-electron chi connectivity index (χ0n) is 15.8. The van der Waals surface area contributed by atoms with Crippen LogP contribution in [-0.4, -0.2) is 31.7 Å². The maximum absolute atomic E-state index is 5.77. The second kappa shape index (κ2) is 11.0. The van der Waals surface area contributed by atoms with E-state index in [1.165, 1.54) is 0 Å². The van der Waals surface area contributed by atoms with Crippen molar-refractivity contribution in [1.82, 2.24) is 15.6 Å². The molecule has 0 saturated carbocycles. The van der Waals surface area contributed by atoms with Crippen LogP contribution in [0.5, 0.6) is 11.6 Å². The summed E-state index contributed by atoms with van der Waals surface area (Å²) in [5.74, 6) is 2.24. The molecule has 0 radical (unpaired) electrons. The number of methoxy groups -OCH3 is 1. The summed E-state index contributed by atoms with van der Waals surface area (Å²) in [6.07, 6.45) is 3.87. The molecule has 0 unspecified atom stereocenters. The molecule has 0 amide bonds. The van der Waals surface area contributed by atoms with E-state index in [2.05, 4.69) is 27.5 Å². The van der Waals surface area contributed by atoms with Gasteiger partial charge in [0.1, 0.15) is 5.75 Å². The first-order valence-corrected chi connectivity index (χ1v) is 8.91. The van der Waals surface area contributed by atoms with Gasteiger partial charge in [0.25, 0.3) is 0 Å². The van der Waals surface area contributed by atoms with E-state index < -0.39 is 0 Å². The number of rotatable bonds is 9. The molecule has 1 aromatic carbocycles. The van der Waals surface area contributed by atoms with E-state index in [4.69, 9.17) is 9.47 Å². The molecule has 6 heteroatoms. The Hall–Kier alpha value is -2.76. The van der Waals surface area contributed by atoms with E-state index in [-0.39, 0.29) is 0 Å². The normalized spacial score (nSPS) is 11.1. The third-order valence-electron chi connectivity index (χ3n) is 3.85. The van der Waals surface area contributed by atoms with Gasteiger partial charge in [-0.2, -0.15) is 0 Å². The van der Waals surface area contributed by atoms with Crippen molar-refractivity contribution in [3.05, 3.63) is 53.7 Å². The van der Waals surface area contributed by atoms with Gasteiger partial charge in [-0.05, 0) is 30.2 Å². The predicted molar refractivity (Wildman–Crippen MR) is 105 cm³/mol. The van der Waals surface area contributed by atoms with E-state index in [9.17, 15) is 0 Å². The Morgan fingerprint density at radius 1 is 1.15 bits per heavy atom. The summed E-state index contributed by atoms with van der Waals surface area (Å²) in [5.41, 5.74) is 2.13. The number of hydrogen-bond donors (Lipinski definition) is 2. The molecule has 0 aliphatic rings. The van der Waals surface area contributed by atoms with E-state index in [0.717, 1.165) is 35.7 Å². The van der Waals surface area contributed by atoms with Crippen LogP contribution in [0.2, 0.25) is 0 Å². The molecule has 0 aliphatic heterocycles. The lowest BCUT2D eigenvalue weighted by Crippen LogP contribution is -2.36. The molecule has 0 aliphatic carbocycles. The summed E-state index contributed by atoms with van der Waals surface area (Å²) in [5, 5.41) is 6.60. The lowest BCUT2D eigenvalue weighted by atomic mass is 10.2. The van der Waals surface area contributed by atoms with E-state index >= 15 is 0 Å². The smallest absolute Gasteiger partial charge is 0.218 e. The Balaban J connectivity index is 1.88. The maximum Gasteiger partial charge on any atom is 0.218 e. The Bertz CT molecular complexity index is 704. The third-order valence-corrected chi connectivity index (χ3v) is 3.85. The number of guanidine groups is 1. The van der Waals surface area contributed by atoms with Crippen LogP contribution in [-0.2, 0) is 13.1 Å². The fraction of sp³-hybridized carbons (Fsp3) is 0.400. The number of benzene rings is 1. The fourth-order valence-corrected chi connectivity index (χ4v) is 2.37. The van der Waals surface area contributed by atoms with Crippen LogP contribution >= 0.6 is 0 Å². The van der Waals surface area contributed by atoms with Crippen LogP contribution in [0, 0.1) is 0 Å². The molecule has 140 valence electrons. The second-order valence-corrected chi connectivity index (χ2v) is 5.80. The van der Waals surface area contributed by atoms with Crippen molar-refractivity contribution < 1.29 is 9.47 Å². The first-order valence-electron chi connectivity index (χ1n) is 8.91. The minimum Gasteiger partial charge on any atom is -0.497 e. The number of nitrogens with one attached hydrogen (secondary N) is 2. The zero-order chi connectivity index (χ0) is 18.6. The average Bonchev–Trinajstić information content (AvgIpc) is 2.69. The number of ether oxygens (including phenoxy) is 2. The van der Waals surface area contributed by atoms with Crippen molar-refractivity contribution in [2.24, 2.45) is 4.99 Å².